The molecule has 55 heavy (non-hydrogen) atoms. The van der Waals surface area contributed by atoms with Crippen LogP contribution in [0, 0.1) is 0 Å². The molecule has 0 bridgehead atoms. The molecule has 0 fully saturated rings. The van der Waals surface area contributed by atoms with Gasteiger partial charge >= 0.3 is 0 Å². The summed E-state index contributed by atoms with van der Waals surface area (Å²) in [5, 5.41) is 9.60. The third-order valence-electron chi connectivity index (χ3n) is 11.0. The van der Waals surface area contributed by atoms with Gasteiger partial charge in [-0.05, 0) is 85.9 Å². The lowest BCUT2D eigenvalue weighted by Gasteiger charge is -2.15. The highest BCUT2D eigenvalue weighted by atomic mass is 15.0. The third-order valence-corrected chi connectivity index (χ3v) is 11.0. The van der Waals surface area contributed by atoms with Crippen LogP contribution >= 0.6 is 0 Å². The highest BCUT2D eigenvalue weighted by Gasteiger charge is 2.19. The monoisotopic (exact) mass is 699 g/mol. The van der Waals surface area contributed by atoms with E-state index < -0.39 is 0 Å². The largest absolute Gasteiger partial charge is 0.309 e. The molecule has 2 aromatic heterocycles. The standard InChI is InChI=1S/C52H33N3/c1-3-13-34(14-4-1)35-23-25-37(26-24-35)52-53-47(39-28-30-50-46(32-39)43-21-11-12-22-49(43)55(50)40-17-5-2-6-18-40)33-48(54-52)51-42-20-10-8-16-38(42)31-45-41-19-9-7-15-36(41)27-29-44(45)51/h1-33H. The number of fused-ring (bicyclic) bond motifs is 7. The molecule has 0 atom stereocenters. The zero-order chi connectivity index (χ0) is 36.3. The Kier molecular flexibility index (Phi) is 7.17. The smallest absolute Gasteiger partial charge is 0.160 e. The van der Waals surface area contributed by atoms with Crippen LogP contribution in [0.25, 0.3) is 105 Å². The van der Waals surface area contributed by atoms with Crippen molar-refractivity contribution in [2.45, 2.75) is 0 Å². The summed E-state index contributed by atoms with van der Waals surface area (Å²) in [5.41, 5.74) is 10.7. The van der Waals surface area contributed by atoms with Gasteiger partial charge < -0.3 is 4.57 Å². The first kappa shape index (κ1) is 31.2. The van der Waals surface area contributed by atoms with Crippen molar-refractivity contribution in [3.63, 3.8) is 0 Å². The maximum Gasteiger partial charge on any atom is 0.160 e. The lowest BCUT2D eigenvalue weighted by Crippen LogP contribution is -1.97. The van der Waals surface area contributed by atoms with Crippen molar-refractivity contribution in [3.05, 3.63) is 200 Å². The van der Waals surface area contributed by atoms with Crippen LogP contribution in [0.3, 0.4) is 0 Å². The molecule has 0 aliphatic carbocycles. The van der Waals surface area contributed by atoms with E-state index in [0.717, 1.165) is 44.8 Å². The van der Waals surface area contributed by atoms with Crippen LogP contribution in [0.2, 0.25) is 0 Å². The minimum atomic E-state index is 0.695. The maximum absolute atomic E-state index is 5.42. The Hall–Kier alpha value is -7.36. The fourth-order valence-corrected chi connectivity index (χ4v) is 8.38. The molecular formula is C52H33N3. The Balaban J connectivity index is 1.17. The van der Waals surface area contributed by atoms with Crippen molar-refractivity contribution in [2.24, 2.45) is 0 Å². The second kappa shape index (κ2) is 12.6. The van der Waals surface area contributed by atoms with E-state index in [1.54, 1.807) is 0 Å². The first-order chi connectivity index (χ1) is 27.3. The van der Waals surface area contributed by atoms with Crippen LogP contribution in [0.4, 0.5) is 0 Å². The molecule has 0 amide bonds. The van der Waals surface area contributed by atoms with Crippen LogP contribution in [0.15, 0.2) is 200 Å². The molecule has 11 rings (SSSR count). The minimum Gasteiger partial charge on any atom is -0.309 e. The molecule has 0 aliphatic rings. The second-order valence-corrected chi connectivity index (χ2v) is 14.2. The van der Waals surface area contributed by atoms with Crippen molar-refractivity contribution in [3.8, 4) is 50.7 Å². The molecule has 9 aromatic carbocycles. The summed E-state index contributed by atoms with van der Waals surface area (Å²) in [4.78, 5) is 10.8. The fraction of sp³-hybridized carbons (Fsp3) is 0. The first-order valence-corrected chi connectivity index (χ1v) is 18.7. The highest BCUT2D eigenvalue weighted by molar-refractivity contribution is 6.20. The Labute approximate surface area is 318 Å². The van der Waals surface area contributed by atoms with E-state index in [2.05, 4.69) is 205 Å². The molecule has 0 radical (unpaired) electrons. The molecule has 11 aromatic rings. The first-order valence-electron chi connectivity index (χ1n) is 18.7. The summed E-state index contributed by atoms with van der Waals surface area (Å²) in [6.07, 6.45) is 0. The van der Waals surface area contributed by atoms with Gasteiger partial charge in [0.25, 0.3) is 0 Å². The number of aromatic nitrogens is 3. The van der Waals surface area contributed by atoms with Gasteiger partial charge in [0.2, 0.25) is 0 Å². The number of benzene rings is 9. The normalized spacial score (nSPS) is 11.6. The van der Waals surface area contributed by atoms with Gasteiger partial charge in [0.05, 0.1) is 22.4 Å². The predicted molar refractivity (Wildman–Crippen MR) is 231 cm³/mol. The van der Waals surface area contributed by atoms with Gasteiger partial charge in [-0.2, -0.15) is 0 Å². The molecule has 0 saturated carbocycles. The number of rotatable bonds is 5. The van der Waals surface area contributed by atoms with Gasteiger partial charge in [-0.15, -0.1) is 0 Å². The molecular weight excluding hydrogens is 667 g/mol. The molecule has 3 heteroatoms. The van der Waals surface area contributed by atoms with Crippen LogP contribution in [0.1, 0.15) is 0 Å². The summed E-state index contributed by atoms with van der Waals surface area (Å²) in [6.45, 7) is 0. The zero-order valence-electron chi connectivity index (χ0n) is 29.9. The molecule has 0 N–H and O–H groups in total. The number of hydrogen-bond donors (Lipinski definition) is 0. The topological polar surface area (TPSA) is 30.7 Å². The van der Waals surface area contributed by atoms with Gasteiger partial charge in [0.15, 0.2) is 5.82 Å². The van der Waals surface area contributed by atoms with E-state index in [1.807, 2.05) is 0 Å². The minimum absolute atomic E-state index is 0.695. The van der Waals surface area contributed by atoms with E-state index in [1.165, 1.54) is 54.2 Å². The maximum atomic E-state index is 5.42. The van der Waals surface area contributed by atoms with E-state index >= 15 is 0 Å². The van der Waals surface area contributed by atoms with Crippen LogP contribution in [0.5, 0.6) is 0 Å². The Morgan fingerprint density at radius 3 is 1.73 bits per heavy atom. The van der Waals surface area contributed by atoms with E-state index in [0.29, 0.717) is 5.82 Å². The lowest BCUT2D eigenvalue weighted by atomic mass is 9.91. The third kappa shape index (κ3) is 5.20. The molecule has 0 spiro atoms. The summed E-state index contributed by atoms with van der Waals surface area (Å²) in [7, 11) is 0. The summed E-state index contributed by atoms with van der Waals surface area (Å²) < 4.78 is 2.35. The van der Waals surface area contributed by atoms with Crippen molar-refractivity contribution in [1.82, 2.24) is 14.5 Å². The number of nitrogens with zero attached hydrogens (tertiary/aromatic N) is 3. The average molecular weight is 700 g/mol. The quantitative estimate of drug-likeness (QED) is 0.132. The predicted octanol–water partition coefficient (Wildman–Crippen LogP) is 13.7. The summed E-state index contributed by atoms with van der Waals surface area (Å²) in [6, 6.07) is 71.5. The van der Waals surface area contributed by atoms with E-state index in [4.69, 9.17) is 9.97 Å². The molecule has 0 aliphatic heterocycles. The Bertz CT molecular complexity index is 3230. The molecule has 3 nitrogen and oxygen atoms in total. The van der Waals surface area contributed by atoms with Gasteiger partial charge in [-0.3, -0.25) is 0 Å². The van der Waals surface area contributed by atoms with Crippen molar-refractivity contribution in [2.75, 3.05) is 0 Å². The zero-order valence-corrected chi connectivity index (χ0v) is 29.9. The number of hydrogen-bond acceptors (Lipinski definition) is 2. The van der Waals surface area contributed by atoms with E-state index in [9.17, 15) is 0 Å². The summed E-state index contributed by atoms with van der Waals surface area (Å²) >= 11 is 0. The second-order valence-electron chi connectivity index (χ2n) is 14.2. The van der Waals surface area contributed by atoms with Gasteiger partial charge in [0.1, 0.15) is 0 Å². The van der Waals surface area contributed by atoms with Gasteiger partial charge in [0, 0.05) is 33.2 Å². The Morgan fingerprint density at radius 2 is 0.909 bits per heavy atom. The number of para-hydroxylation sites is 2. The molecule has 0 saturated heterocycles. The summed E-state index contributed by atoms with van der Waals surface area (Å²) in [5.74, 6) is 0.695. The highest BCUT2D eigenvalue weighted by Crippen LogP contribution is 2.41. The van der Waals surface area contributed by atoms with Crippen molar-refractivity contribution in [1.29, 1.82) is 0 Å². The van der Waals surface area contributed by atoms with Crippen molar-refractivity contribution < 1.29 is 0 Å². The lowest BCUT2D eigenvalue weighted by molar-refractivity contribution is 1.18. The van der Waals surface area contributed by atoms with E-state index in [-0.39, 0.29) is 0 Å². The van der Waals surface area contributed by atoms with Crippen molar-refractivity contribution >= 4 is 54.1 Å². The fourth-order valence-electron chi connectivity index (χ4n) is 8.38. The molecule has 2 heterocycles. The molecule has 0 unspecified atom stereocenters. The van der Waals surface area contributed by atoms with Crippen LogP contribution in [-0.2, 0) is 0 Å². The average Bonchev–Trinajstić information content (AvgIpc) is 3.60. The Morgan fingerprint density at radius 1 is 0.309 bits per heavy atom. The molecule has 256 valence electrons. The van der Waals surface area contributed by atoms with Crippen LogP contribution in [-0.4, -0.2) is 14.5 Å². The van der Waals surface area contributed by atoms with Crippen LogP contribution < -0.4 is 0 Å². The SMILES string of the molecule is c1ccc(-c2ccc(-c3nc(-c4ccc5c(c4)c4ccccc4n5-c4ccccc4)cc(-c4c5ccccc5cc5c4ccc4ccccc45)n3)cc2)cc1. The van der Waals surface area contributed by atoms with Gasteiger partial charge in [-0.1, -0.05) is 158 Å². The van der Waals surface area contributed by atoms with Gasteiger partial charge in [-0.25, -0.2) is 9.97 Å².